The summed E-state index contributed by atoms with van der Waals surface area (Å²) >= 11 is 3.52. The topological polar surface area (TPSA) is 54.0 Å². The summed E-state index contributed by atoms with van der Waals surface area (Å²) in [5.74, 6) is 1.68. The molecule has 0 aliphatic carbocycles. The molecule has 27 heavy (non-hydrogen) atoms. The second kappa shape index (κ2) is 11.1. The lowest BCUT2D eigenvalue weighted by molar-refractivity contribution is 0.149. The zero-order valence-corrected chi connectivity index (χ0v) is 17.4. The first-order valence-electron chi connectivity index (χ1n) is 8.77. The van der Waals surface area contributed by atoms with Crippen LogP contribution in [0.1, 0.15) is 17.0 Å². The van der Waals surface area contributed by atoms with Crippen molar-refractivity contribution in [1.82, 2.24) is 10.4 Å². The average molecular weight is 435 g/mol. The lowest BCUT2D eigenvalue weighted by Gasteiger charge is -2.27. The summed E-state index contributed by atoms with van der Waals surface area (Å²) in [7, 11) is 3.30. The Kier molecular flexibility index (Phi) is 8.81. The Morgan fingerprint density at radius 1 is 1.22 bits per heavy atom. The number of rotatable bonds is 11. The molecule has 2 aromatic carbocycles. The van der Waals surface area contributed by atoms with E-state index in [0.29, 0.717) is 13.1 Å². The molecule has 0 amide bonds. The average Bonchev–Trinajstić information content (AvgIpc) is 2.68. The van der Waals surface area contributed by atoms with E-state index in [2.05, 4.69) is 45.0 Å². The van der Waals surface area contributed by atoms with Crippen LogP contribution in [0.5, 0.6) is 11.5 Å². The number of hydrogen-bond acceptors (Lipinski definition) is 5. The Morgan fingerprint density at radius 3 is 2.67 bits per heavy atom. The highest BCUT2D eigenvalue weighted by Crippen LogP contribution is 2.27. The van der Waals surface area contributed by atoms with Crippen LogP contribution in [0.25, 0.3) is 0 Å². The van der Waals surface area contributed by atoms with E-state index in [-0.39, 0.29) is 5.92 Å². The van der Waals surface area contributed by atoms with Crippen LogP contribution in [-0.4, -0.2) is 44.0 Å². The molecule has 0 fully saturated rings. The lowest BCUT2D eigenvalue weighted by Crippen LogP contribution is -2.32. The molecule has 1 unspecified atom stereocenters. The van der Waals surface area contributed by atoms with E-state index in [0.717, 1.165) is 40.2 Å². The van der Waals surface area contributed by atoms with Gasteiger partial charge in [0.1, 0.15) is 11.5 Å². The minimum Gasteiger partial charge on any atom is -0.497 e. The summed E-state index contributed by atoms with van der Waals surface area (Å²) in [5, 5.41) is 9.31. The van der Waals surface area contributed by atoms with Crippen LogP contribution in [0, 0.1) is 0 Å². The monoisotopic (exact) mass is 434 g/mol. The quantitative estimate of drug-likeness (QED) is 0.409. The predicted molar refractivity (Wildman–Crippen MR) is 112 cm³/mol. The van der Waals surface area contributed by atoms with Crippen LogP contribution >= 0.6 is 15.9 Å². The van der Waals surface area contributed by atoms with Crippen LogP contribution in [0.15, 0.2) is 59.6 Å². The lowest BCUT2D eigenvalue weighted by atomic mass is 9.98. The Balaban J connectivity index is 2.21. The largest absolute Gasteiger partial charge is 0.497 e. The molecular formula is C21H27BrN2O3. The van der Waals surface area contributed by atoms with Crippen molar-refractivity contribution in [2.24, 2.45) is 0 Å². The summed E-state index contributed by atoms with van der Waals surface area (Å²) in [5.41, 5.74) is 4.55. The van der Waals surface area contributed by atoms with E-state index in [1.165, 1.54) is 0 Å². The molecule has 2 rings (SSSR count). The highest BCUT2D eigenvalue weighted by atomic mass is 79.9. The summed E-state index contributed by atoms with van der Waals surface area (Å²) in [6.07, 6.45) is 1.89. The Hall–Kier alpha value is -1.86. The molecule has 0 saturated heterocycles. The minimum absolute atomic E-state index is 0.122. The van der Waals surface area contributed by atoms with Crippen molar-refractivity contribution in [2.75, 3.05) is 33.9 Å². The zero-order chi connectivity index (χ0) is 19.6. The first-order valence-corrected chi connectivity index (χ1v) is 9.57. The number of methoxy groups -OCH3 is 2. The van der Waals surface area contributed by atoms with E-state index in [4.69, 9.17) is 9.47 Å². The maximum atomic E-state index is 9.31. The van der Waals surface area contributed by atoms with Crippen molar-refractivity contribution in [1.29, 1.82) is 0 Å². The number of hydroxylamine groups is 1. The van der Waals surface area contributed by atoms with Gasteiger partial charge in [0.05, 0.1) is 14.2 Å². The maximum Gasteiger partial charge on any atom is 0.127 e. The maximum absolute atomic E-state index is 9.31. The molecule has 0 aromatic heterocycles. The molecule has 2 N–H and O–H groups in total. The van der Waals surface area contributed by atoms with Crippen LogP contribution in [-0.2, 0) is 6.54 Å². The minimum atomic E-state index is 0.122. The summed E-state index contributed by atoms with van der Waals surface area (Å²) < 4.78 is 11.8. The fraction of sp³-hybridized carbons (Fsp3) is 0.333. The molecule has 2 aromatic rings. The van der Waals surface area contributed by atoms with Gasteiger partial charge in [0.2, 0.25) is 0 Å². The van der Waals surface area contributed by atoms with Crippen molar-refractivity contribution in [3.8, 4) is 11.5 Å². The van der Waals surface area contributed by atoms with Gasteiger partial charge in [-0.2, -0.15) is 0 Å². The molecule has 0 heterocycles. The number of ether oxygens (including phenoxy) is 2. The Morgan fingerprint density at radius 2 is 2.04 bits per heavy atom. The molecule has 0 aliphatic heterocycles. The van der Waals surface area contributed by atoms with E-state index >= 15 is 0 Å². The van der Waals surface area contributed by atoms with E-state index in [1.54, 1.807) is 14.2 Å². The van der Waals surface area contributed by atoms with Crippen LogP contribution < -0.4 is 15.0 Å². The Labute approximate surface area is 169 Å². The smallest absolute Gasteiger partial charge is 0.127 e. The summed E-state index contributed by atoms with van der Waals surface area (Å²) in [6, 6.07) is 14.0. The first-order chi connectivity index (χ1) is 13.1. The fourth-order valence-electron chi connectivity index (χ4n) is 3.08. The molecule has 0 spiro atoms. The van der Waals surface area contributed by atoms with Gasteiger partial charge in [0.15, 0.2) is 0 Å². The summed E-state index contributed by atoms with van der Waals surface area (Å²) in [4.78, 5) is 2.28. The number of benzene rings is 2. The number of nitrogens with one attached hydrogen (secondary N) is 1. The van der Waals surface area contributed by atoms with Gasteiger partial charge in [-0.05, 0) is 23.8 Å². The van der Waals surface area contributed by atoms with Crippen molar-refractivity contribution >= 4 is 15.9 Å². The molecule has 0 radical (unpaired) electrons. The van der Waals surface area contributed by atoms with Gasteiger partial charge in [-0.3, -0.25) is 4.90 Å². The van der Waals surface area contributed by atoms with Crippen molar-refractivity contribution in [3.05, 3.63) is 70.7 Å². The van der Waals surface area contributed by atoms with Gasteiger partial charge in [0.25, 0.3) is 0 Å². The zero-order valence-electron chi connectivity index (χ0n) is 15.8. The number of nitrogens with zero attached hydrogens (tertiary/aromatic N) is 1. The van der Waals surface area contributed by atoms with Gasteiger partial charge in [-0.15, -0.1) is 6.58 Å². The molecule has 1 atom stereocenters. The number of hydrogen-bond donors (Lipinski definition) is 2. The third-order valence-corrected chi connectivity index (χ3v) is 4.91. The highest BCUT2D eigenvalue weighted by molar-refractivity contribution is 9.10. The molecule has 146 valence electrons. The third kappa shape index (κ3) is 6.36. The van der Waals surface area contributed by atoms with Gasteiger partial charge >= 0.3 is 0 Å². The van der Waals surface area contributed by atoms with Crippen LogP contribution in [0.2, 0.25) is 0 Å². The normalized spacial score (nSPS) is 12.0. The van der Waals surface area contributed by atoms with Crippen molar-refractivity contribution in [3.63, 3.8) is 0 Å². The molecule has 6 heteroatoms. The van der Waals surface area contributed by atoms with Crippen molar-refractivity contribution in [2.45, 2.75) is 12.5 Å². The molecule has 5 nitrogen and oxygen atoms in total. The van der Waals surface area contributed by atoms with Gasteiger partial charge in [0, 0.05) is 48.2 Å². The first kappa shape index (κ1) is 21.4. The highest BCUT2D eigenvalue weighted by Gasteiger charge is 2.18. The van der Waals surface area contributed by atoms with Gasteiger partial charge < -0.3 is 14.7 Å². The molecular weight excluding hydrogens is 408 g/mol. The molecule has 0 aliphatic rings. The van der Waals surface area contributed by atoms with Crippen molar-refractivity contribution < 1.29 is 14.7 Å². The van der Waals surface area contributed by atoms with Crippen LogP contribution in [0.4, 0.5) is 0 Å². The molecule has 0 bridgehead atoms. The fourth-order valence-corrected chi connectivity index (χ4v) is 3.50. The SMILES string of the molecule is C=CCN(Cc1ccc(OC)cc1OC)CC(CNO)c1cccc(Br)c1. The third-order valence-electron chi connectivity index (χ3n) is 4.41. The standard InChI is InChI=1S/C21H27BrN2O3/c1-4-10-24(14-17-8-9-20(26-2)12-21(17)27-3)15-18(13-23-25)16-6-5-7-19(22)11-16/h4-9,11-12,18,23,25H,1,10,13-15H2,2-3H3. The summed E-state index contributed by atoms with van der Waals surface area (Å²) in [6.45, 7) is 6.53. The Bertz CT molecular complexity index is 739. The van der Waals surface area contributed by atoms with Gasteiger partial charge in [-0.25, -0.2) is 5.48 Å². The van der Waals surface area contributed by atoms with E-state index in [9.17, 15) is 5.21 Å². The van der Waals surface area contributed by atoms with E-state index in [1.807, 2.05) is 36.4 Å². The van der Waals surface area contributed by atoms with Gasteiger partial charge in [-0.1, -0.05) is 40.2 Å². The predicted octanol–water partition coefficient (Wildman–Crippen LogP) is 4.22. The number of halogens is 1. The second-order valence-corrected chi connectivity index (χ2v) is 7.19. The molecule has 0 saturated carbocycles. The second-order valence-electron chi connectivity index (χ2n) is 6.27. The van der Waals surface area contributed by atoms with Crippen LogP contribution in [0.3, 0.4) is 0 Å². The van der Waals surface area contributed by atoms with E-state index < -0.39 is 0 Å².